The number of likely N-dealkylation sites (N-methyl/N-ethyl adjacent to an activating group) is 2. The zero-order valence-corrected chi connectivity index (χ0v) is 30.8. The lowest BCUT2D eigenvalue weighted by atomic mass is 10.0. The molecule has 55 heavy (non-hydrogen) atoms. The summed E-state index contributed by atoms with van der Waals surface area (Å²) in [6.45, 7) is 5.48. The first kappa shape index (κ1) is 42.4. The maximum absolute atomic E-state index is 13.4. The van der Waals surface area contributed by atoms with Gasteiger partial charge in [0.25, 0.3) is 11.4 Å². The lowest BCUT2D eigenvalue weighted by Gasteiger charge is -2.26. The van der Waals surface area contributed by atoms with Crippen LogP contribution in [0.25, 0.3) is 0 Å². The molecule has 0 spiro atoms. The van der Waals surface area contributed by atoms with E-state index in [2.05, 4.69) is 10.6 Å². The molecule has 0 aliphatic rings. The van der Waals surface area contributed by atoms with Gasteiger partial charge in [-0.05, 0) is 64.1 Å². The van der Waals surface area contributed by atoms with E-state index in [1.54, 1.807) is 27.7 Å². The molecule has 20 heteroatoms. The molecule has 0 aliphatic heterocycles. The number of hydrogen-bond donors (Lipinski definition) is 2. The lowest BCUT2D eigenvalue weighted by Crippen LogP contribution is -2.40. The molecule has 20 nitrogen and oxygen atoms in total. The van der Waals surface area contributed by atoms with Crippen molar-refractivity contribution >= 4 is 53.1 Å². The molecule has 294 valence electrons. The largest absolute Gasteiger partial charge is 0.462 e. The molecule has 4 amide bonds. The Labute approximate surface area is 314 Å². The Bertz CT molecular complexity index is 1800. The number of amides is 4. The molecule has 3 rings (SSSR count). The number of nitrogens with one attached hydrogen (secondary N) is 2. The van der Waals surface area contributed by atoms with Gasteiger partial charge >= 0.3 is 30.3 Å². The van der Waals surface area contributed by atoms with E-state index in [9.17, 15) is 44.2 Å². The topological polar surface area (TPSA) is 248 Å². The number of nitro groups is 2. The monoisotopic (exact) mass is 768 g/mol. The van der Waals surface area contributed by atoms with E-state index >= 15 is 0 Å². The van der Waals surface area contributed by atoms with Crippen LogP contribution in [0.1, 0.15) is 49.2 Å². The normalized spacial score (nSPS) is 10.7. The maximum atomic E-state index is 13.4. The van der Waals surface area contributed by atoms with Gasteiger partial charge in [0.2, 0.25) is 0 Å². The van der Waals surface area contributed by atoms with E-state index in [-0.39, 0.29) is 64.9 Å². The Morgan fingerprint density at radius 2 is 1.11 bits per heavy atom. The molecule has 0 aromatic heterocycles. The van der Waals surface area contributed by atoms with Gasteiger partial charge in [0.1, 0.15) is 24.6 Å². The second-order valence-electron chi connectivity index (χ2n) is 12.5. The average Bonchev–Trinajstić information content (AvgIpc) is 3.12. The van der Waals surface area contributed by atoms with Crippen LogP contribution in [0.2, 0.25) is 0 Å². The summed E-state index contributed by atoms with van der Waals surface area (Å²) in [4.78, 5) is 87.3. The Morgan fingerprint density at radius 3 is 1.49 bits per heavy atom. The van der Waals surface area contributed by atoms with Gasteiger partial charge in [-0.15, -0.1) is 0 Å². The number of carbonyl (C=O) groups is 5. The lowest BCUT2D eigenvalue weighted by molar-refractivity contribution is -0.385. The molecular weight excluding hydrogens is 728 g/mol. The van der Waals surface area contributed by atoms with Crippen LogP contribution in [0.15, 0.2) is 60.7 Å². The minimum atomic E-state index is -1.02. The first-order valence-corrected chi connectivity index (χ1v) is 16.4. The Balaban J connectivity index is 1.90. The quantitative estimate of drug-likeness (QED) is 0.0772. The molecule has 0 aliphatic carbocycles. The number of carbonyl (C=O) groups excluding carboxylic acids is 5. The fourth-order valence-corrected chi connectivity index (χ4v) is 4.35. The summed E-state index contributed by atoms with van der Waals surface area (Å²) in [5, 5.41) is 26.8. The maximum Gasteiger partial charge on any atom is 0.415 e. The zero-order chi connectivity index (χ0) is 40.9. The summed E-state index contributed by atoms with van der Waals surface area (Å²) in [6, 6.07) is 12.3. The number of nitrogens with zero attached hydrogens (tertiary/aromatic N) is 4. The van der Waals surface area contributed by atoms with Crippen LogP contribution in [-0.4, -0.2) is 89.4 Å². The summed E-state index contributed by atoms with van der Waals surface area (Å²) < 4.78 is 26.9. The molecule has 0 fully saturated rings. The van der Waals surface area contributed by atoms with Crippen LogP contribution in [0.3, 0.4) is 0 Å². The van der Waals surface area contributed by atoms with Gasteiger partial charge < -0.3 is 33.5 Å². The molecule has 0 heterocycles. The Morgan fingerprint density at radius 1 is 0.691 bits per heavy atom. The number of benzene rings is 3. The van der Waals surface area contributed by atoms with Crippen LogP contribution in [0.4, 0.5) is 41.9 Å². The van der Waals surface area contributed by atoms with Gasteiger partial charge in [0, 0.05) is 74.0 Å². The van der Waals surface area contributed by atoms with Crippen molar-refractivity contribution in [1.82, 2.24) is 9.80 Å². The molecular formula is C35H40N6O14. The molecule has 0 unspecified atom stereocenters. The van der Waals surface area contributed by atoms with E-state index in [0.717, 1.165) is 4.90 Å². The summed E-state index contributed by atoms with van der Waals surface area (Å²) in [6.07, 6.45) is -3.61. The van der Waals surface area contributed by atoms with Crippen LogP contribution in [0, 0.1) is 20.2 Å². The van der Waals surface area contributed by atoms with E-state index in [4.69, 9.17) is 23.7 Å². The minimum absolute atomic E-state index is 0.00887. The molecule has 0 saturated heterocycles. The van der Waals surface area contributed by atoms with E-state index in [0.29, 0.717) is 0 Å². The molecule has 0 radical (unpaired) electrons. The second-order valence-corrected chi connectivity index (χ2v) is 12.5. The van der Waals surface area contributed by atoms with Crippen molar-refractivity contribution in [2.75, 3.05) is 44.4 Å². The highest BCUT2D eigenvalue weighted by atomic mass is 16.6. The SMILES string of the molecule is CCOC(=O)c1cc(COC(=O)Nc2ccc([N+](=O)[O-])cc2)c(OC(=O)N(C)CCN(C)C(=O)OC(C)(C)C)c(COC(=O)Nc2ccc([N+](=O)[O-])cc2)c1. The third-order valence-corrected chi connectivity index (χ3v) is 7.10. The number of anilines is 2. The van der Waals surface area contributed by atoms with Gasteiger partial charge in [0.05, 0.1) is 22.0 Å². The summed E-state index contributed by atoms with van der Waals surface area (Å²) in [5.41, 5.74) is -1.00. The molecule has 0 atom stereocenters. The average molecular weight is 769 g/mol. The molecule has 2 N–H and O–H groups in total. The highest BCUT2D eigenvalue weighted by molar-refractivity contribution is 5.91. The van der Waals surface area contributed by atoms with Crippen molar-refractivity contribution in [3.05, 3.63) is 97.6 Å². The van der Waals surface area contributed by atoms with E-state index in [1.165, 1.54) is 79.7 Å². The number of ether oxygens (including phenoxy) is 5. The van der Waals surface area contributed by atoms with Crippen LogP contribution in [-0.2, 0) is 32.2 Å². The molecule has 3 aromatic rings. The van der Waals surface area contributed by atoms with Crippen molar-refractivity contribution in [3.63, 3.8) is 0 Å². The standard InChI is InChI=1S/C35H40N6O14/c1-7-51-30(42)22-18-23(20-52-31(43)36-25-8-12-27(13-9-25)40(47)48)29(54-33(45)38(5)16-17-39(6)34(46)55-35(2,3)4)24(19-22)21-53-32(44)37-26-10-14-28(15-11-26)41(49)50/h8-15,18-19H,7,16-17,20-21H2,1-6H3,(H,36,43)(H,37,44). The summed E-state index contributed by atoms with van der Waals surface area (Å²) >= 11 is 0. The van der Waals surface area contributed by atoms with E-state index in [1.807, 2.05) is 0 Å². The summed E-state index contributed by atoms with van der Waals surface area (Å²) in [7, 11) is 2.87. The van der Waals surface area contributed by atoms with E-state index < -0.39 is 59.0 Å². The third-order valence-electron chi connectivity index (χ3n) is 7.10. The predicted molar refractivity (Wildman–Crippen MR) is 194 cm³/mol. The van der Waals surface area contributed by atoms with Gasteiger partial charge in [0.15, 0.2) is 0 Å². The smallest absolute Gasteiger partial charge is 0.415 e. The molecule has 3 aromatic carbocycles. The highest BCUT2D eigenvalue weighted by Gasteiger charge is 2.25. The molecule has 0 bridgehead atoms. The molecule has 0 saturated carbocycles. The number of esters is 1. The number of rotatable bonds is 14. The van der Waals surface area contributed by atoms with Gasteiger partial charge in [-0.2, -0.15) is 0 Å². The van der Waals surface area contributed by atoms with Crippen molar-refractivity contribution in [3.8, 4) is 5.75 Å². The minimum Gasteiger partial charge on any atom is -0.462 e. The number of non-ortho nitro benzene ring substituents is 2. The Kier molecular flexibility index (Phi) is 14.8. The first-order chi connectivity index (χ1) is 25.9. The van der Waals surface area contributed by atoms with Crippen molar-refractivity contribution in [1.29, 1.82) is 0 Å². The number of hydrogen-bond acceptors (Lipinski definition) is 14. The highest BCUT2D eigenvalue weighted by Crippen LogP contribution is 2.30. The third kappa shape index (κ3) is 13.5. The van der Waals surface area contributed by atoms with Crippen LogP contribution >= 0.6 is 0 Å². The summed E-state index contributed by atoms with van der Waals surface area (Å²) in [5.74, 6) is -1.06. The first-order valence-electron chi connectivity index (χ1n) is 16.4. The van der Waals surface area contributed by atoms with Gasteiger partial charge in [-0.1, -0.05) is 0 Å². The van der Waals surface area contributed by atoms with Crippen molar-refractivity contribution in [2.45, 2.75) is 46.5 Å². The van der Waals surface area contributed by atoms with Crippen LogP contribution in [0.5, 0.6) is 5.75 Å². The van der Waals surface area contributed by atoms with Crippen molar-refractivity contribution in [2.24, 2.45) is 0 Å². The van der Waals surface area contributed by atoms with Crippen molar-refractivity contribution < 1.29 is 57.5 Å². The number of nitro benzene ring substituents is 2. The predicted octanol–water partition coefficient (Wildman–Crippen LogP) is 6.47. The zero-order valence-electron chi connectivity index (χ0n) is 30.8. The van der Waals surface area contributed by atoms with Gasteiger partial charge in [-0.3, -0.25) is 30.9 Å². The Hall–Kier alpha value is -6.99. The second kappa shape index (κ2) is 19.2. The fourth-order valence-electron chi connectivity index (χ4n) is 4.35. The van der Waals surface area contributed by atoms with Crippen LogP contribution < -0.4 is 15.4 Å². The fraction of sp³-hybridized carbons (Fsp3) is 0.343. The van der Waals surface area contributed by atoms with Gasteiger partial charge in [-0.25, -0.2) is 24.0 Å².